The number of hydrogen-bond donors (Lipinski definition) is 2. The van der Waals surface area contributed by atoms with Gasteiger partial charge in [-0.3, -0.25) is 13.7 Å². The van der Waals surface area contributed by atoms with E-state index in [1.807, 2.05) is 0 Å². The van der Waals surface area contributed by atoms with Crippen LogP contribution in [-0.2, 0) is 28.4 Å². The molecule has 3 aromatic rings. The summed E-state index contributed by atoms with van der Waals surface area (Å²) in [6.45, 7) is 1.38. The molecule has 0 spiro atoms. The molecule has 176 valence electrons. The van der Waals surface area contributed by atoms with Gasteiger partial charge in [-0.2, -0.15) is 13.2 Å². The minimum absolute atomic E-state index is 0.0413. The third-order valence-electron chi connectivity index (χ3n) is 4.91. The van der Waals surface area contributed by atoms with Gasteiger partial charge in [0.15, 0.2) is 0 Å². The second kappa shape index (κ2) is 9.57. The van der Waals surface area contributed by atoms with Crippen LogP contribution in [-0.4, -0.2) is 35.9 Å². The summed E-state index contributed by atoms with van der Waals surface area (Å²) in [7, 11) is -1.83. The molecule has 0 aliphatic heterocycles. The molecular formula is C20H19F4N5O3S. The van der Waals surface area contributed by atoms with Crippen LogP contribution in [0.25, 0.3) is 5.82 Å². The molecule has 13 heteroatoms. The van der Waals surface area contributed by atoms with E-state index in [2.05, 4.69) is 15.3 Å². The van der Waals surface area contributed by atoms with Crippen LogP contribution in [0.5, 0.6) is 0 Å². The van der Waals surface area contributed by atoms with Gasteiger partial charge < -0.3 is 5.32 Å². The minimum atomic E-state index is -4.64. The quantitative estimate of drug-likeness (QED) is 0.396. The van der Waals surface area contributed by atoms with Crippen molar-refractivity contribution < 1.29 is 30.8 Å². The van der Waals surface area contributed by atoms with Crippen LogP contribution in [0.4, 0.5) is 23.2 Å². The number of amides is 1. The number of hydrogen-bond acceptors (Lipinski definition) is 5. The van der Waals surface area contributed by atoms with Crippen LogP contribution in [0.1, 0.15) is 29.7 Å². The van der Waals surface area contributed by atoms with Crippen molar-refractivity contribution in [1.29, 1.82) is 0 Å². The van der Waals surface area contributed by atoms with E-state index in [1.54, 1.807) is 0 Å². The smallest absolute Gasteiger partial charge is 0.351 e. The number of nitrogens with one attached hydrogen (secondary N) is 1. The predicted molar refractivity (Wildman–Crippen MR) is 112 cm³/mol. The molecule has 0 aliphatic rings. The topological polar surface area (TPSA) is 97.2 Å². The summed E-state index contributed by atoms with van der Waals surface area (Å²) in [6.07, 6.45) is -0.554. The number of nitrogens with zero attached hydrogens (tertiary/aromatic N) is 4. The number of imidazole rings is 1. The number of halogens is 4. The van der Waals surface area contributed by atoms with Gasteiger partial charge in [-0.15, -0.1) is 0 Å². The molecule has 3 rings (SSSR count). The Bertz CT molecular complexity index is 1220. The van der Waals surface area contributed by atoms with Crippen LogP contribution >= 0.6 is 0 Å². The van der Waals surface area contributed by atoms with Gasteiger partial charge in [0.1, 0.15) is 23.7 Å². The number of carbonyl (C=O) groups excluding carboxylic acids is 1. The van der Waals surface area contributed by atoms with Crippen LogP contribution in [0.3, 0.4) is 0 Å². The minimum Gasteiger partial charge on any atom is -0.351 e. The number of thiol groups is 1. The molecule has 0 bridgehead atoms. The first-order chi connectivity index (χ1) is 15.5. The molecule has 0 saturated carbocycles. The van der Waals surface area contributed by atoms with Crippen molar-refractivity contribution in [2.75, 3.05) is 11.4 Å². The molecular weight excluding hydrogens is 466 g/mol. The van der Waals surface area contributed by atoms with Crippen molar-refractivity contribution in [2.45, 2.75) is 25.6 Å². The van der Waals surface area contributed by atoms with Crippen molar-refractivity contribution in [3.8, 4) is 5.82 Å². The average molecular weight is 485 g/mol. The normalized spacial score (nSPS) is 12.6. The molecule has 1 unspecified atom stereocenters. The summed E-state index contributed by atoms with van der Waals surface area (Å²) in [4.78, 5) is 20.1. The van der Waals surface area contributed by atoms with E-state index in [0.29, 0.717) is 11.1 Å². The maximum atomic E-state index is 14.3. The maximum absolute atomic E-state index is 14.3. The molecule has 0 aliphatic carbocycles. The molecule has 8 nitrogen and oxygen atoms in total. The van der Waals surface area contributed by atoms with Crippen molar-refractivity contribution in [3.05, 3.63) is 71.7 Å². The number of carbonyl (C=O) groups is 1. The number of pyridine rings is 1. The molecule has 0 radical (unpaired) electrons. The van der Waals surface area contributed by atoms with Crippen molar-refractivity contribution in [3.63, 3.8) is 0 Å². The van der Waals surface area contributed by atoms with E-state index in [4.69, 9.17) is 0 Å². The maximum Gasteiger partial charge on any atom is 0.433 e. The van der Waals surface area contributed by atoms with Crippen LogP contribution in [0, 0.1) is 5.82 Å². The van der Waals surface area contributed by atoms with E-state index in [1.165, 1.54) is 55.5 Å². The highest BCUT2D eigenvalue weighted by Gasteiger charge is 2.33. The Kier molecular flexibility index (Phi) is 7.01. The largest absolute Gasteiger partial charge is 0.433 e. The highest BCUT2D eigenvalue weighted by molar-refractivity contribution is 7.74. The van der Waals surface area contributed by atoms with Crippen LogP contribution in [0.2, 0.25) is 0 Å². The monoisotopic (exact) mass is 485 g/mol. The van der Waals surface area contributed by atoms with Gasteiger partial charge in [0.05, 0.1) is 11.6 Å². The fourth-order valence-electron chi connectivity index (χ4n) is 3.01. The fourth-order valence-corrected chi connectivity index (χ4v) is 3.35. The van der Waals surface area contributed by atoms with E-state index in [9.17, 15) is 30.8 Å². The first kappa shape index (κ1) is 24.2. The molecule has 0 saturated heterocycles. The Morgan fingerprint density at radius 2 is 1.97 bits per heavy atom. The summed E-state index contributed by atoms with van der Waals surface area (Å²) < 4.78 is 77.7. The van der Waals surface area contributed by atoms with Crippen LogP contribution < -0.4 is 9.62 Å². The highest BCUT2D eigenvalue weighted by Crippen LogP contribution is 2.29. The van der Waals surface area contributed by atoms with E-state index < -0.39 is 40.4 Å². The average Bonchev–Trinajstić information content (AvgIpc) is 3.30. The zero-order valence-corrected chi connectivity index (χ0v) is 18.3. The summed E-state index contributed by atoms with van der Waals surface area (Å²) in [5.74, 6) is -2.19. The molecule has 2 heterocycles. The second-order valence-electron chi connectivity index (χ2n) is 7.06. The van der Waals surface area contributed by atoms with E-state index in [-0.39, 0.29) is 18.1 Å². The Labute approximate surface area is 188 Å². The van der Waals surface area contributed by atoms with Gasteiger partial charge >= 0.3 is 6.18 Å². The lowest BCUT2D eigenvalue weighted by molar-refractivity contribution is -0.141. The van der Waals surface area contributed by atoms with Gasteiger partial charge in [0.2, 0.25) is 16.8 Å². The Morgan fingerprint density at radius 1 is 1.24 bits per heavy atom. The number of aromatic nitrogens is 3. The lowest BCUT2D eigenvalue weighted by Gasteiger charge is -2.17. The number of rotatable bonds is 7. The Morgan fingerprint density at radius 3 is 2.55 bits per heavy atom. The molecule has 1 aromatic carbocycles. The molecule has 2 aromatic heterocycles. The van der Waals surface area contributed by atoms with Gasteiger partial charge in [-0.25, -0.2) is 22.8 Å². The Hall–Kier alpha value is -3.48. The summed E-state index contributed by atoms with van der Waals surface area (Å²) >= 11 is 0. The van der Waals surface area contributed by atoms with E-state index in [0.717, 1.165) is 16.4 Å². The fraction of sp³-hybridized carbons (Fsp3) is 0.250. The molecule has 1 N–H and O–H groups in total. The third-order valence-corrected chi connectivity index (χ3v) is 5.61. The van der Waals surface area contributed by atoms with Gasteiger partial charge in [0.25, 0.3) is 0 Å². The number of alkyl halides is 3. The van der Waals surface area contributed by atoms with Crippen molar-refractivity contribution in [2.24, 2.45) is 0 Å². The van der Waals surface area contributed by atoms with Crippen molar-refractivity contribution in [1.82, 2.24) is 19.9 Å². The molecule has 1 atom stereocenters. The summed E-state index contributed by atoms with van der Waals surface area (Å²) in [5.41, 5.74) is -0.647. The lowest BCUT2D eigenvalue weighted by Crippen LogP contribution is -2.28. The molecule has 33 heavy (non-hydrogen) atoms. The van der Waals surface area contributed by atoms with Crippen LogP contribution in [0.15, 0.2) is 49.1 Å². The highest BCUT2D eigenvalue weighted by atomic mass is 32.2. The number of benzene rings is 1. The van der Waals surface area contributed by atoms with Gasteiger partial charge in [0, 0.05) is 31.5 Å². The van der Waals surface area contributed by atoms with E-state index >= 15 is 0 Å². The SMILES string of the molecule is CC(C(=O)NCc1ccc(C(F)(F)F)nc1-n1ccnc1)c1ccc(N(C)[SH](=O)=O)c(F)c1. The zero-order chi connectivity index (χ0) is 24.3. The zero-order valence-electron chi connectivity index (χ0n) is 17.4. The molecule has 1 amide bonds. The van der Waals surface area contributed by atoms with Crippen molar-refractivity contribution >= 4 is 22.5 Å². The summed E-state index contributed by atoms with van der Waals surface area (Å²) in [6, 6.07) is 5.76. The Balaban J connectivity index is 1.79. The number of anilines is 1. The third kappa shape index (κ3) is 5.48. The summed E-state index contributed by atoms with van der Waals surface area (Å²) in [5, 5.41) is 2.61. The first-order valence-electron chi connectivity index (χ1n) is 9.49. The standard InChI is InChI=1S/C20H19F4N5O3S/c1-12(13-3-5-16(15(21)9-13)28(2)33(31)32)19(30)26-10-14-4-6-17(20(22,23)24)27-18(14)29-8-7-25-11-29/h3-9,11-12,33H,10H2,1-2H3,(H,26,30). The first-order valence-corrected chi connectivity index (χ1v) is 10.6. The van der Waals surface area contributed by atoms with Gasteiger partial charge in [-0.1, -0.05) is 12.1 Å². The second-order valence-corrected chi connectivity index (χ2v) is 8.13. The van der Waals surface area contributed by atoms with Gasteiger partial charge in [-0.05, 0) is 30.7 Å². The molecule has 0 fully saturated rings. The predicted octanol–water partition coefficient (Wildman–Crippen LogP) is 2.81. The lowest BCUT2D eigenvalue weighted by atomic mass is 9.99.